The van der Waals surface area contributed by atoms with Gasteiger partial charge in [-0.1, -0.05) is 54.1 Å². The van der Waals surface area contributed by atoms with Crippen molar-refractivity contribution >= 4 is 45.3 Å². The Morgan fingerprint density at radius 3 is 2.16 bits per heavy atom. The van der Waals surface area contributed by atoms with E-state index in [1.807, 2.05) is 95.4 Å². The number of likely N-dealkylation sites (tertiary alicyclic amines) is 2. The number of rotatable bonds is 10. The van der Waals surface area contributed by atoms with Crippen LogP contribution in [0.1, 0.15) is 75.4 Å². The summed E-state index contributed by atoms with van der Waals surface area (Å²) in [6.45, 7) is 20.4. The summed E-state index contributed by atoms with van der Waals surface area (Å²) in [6.07, 6.45) is 1.05. The third-order valence-electron chi connectivity index (χ3n) is 11.1. The molecule has 0 saturated carbocycles. The van der Waals surface area contributed by atoms with Gasteiger partial charge in [-0.25, -0.2) is 9.59 Å². The molecule has 2 fully saturated rings. The highest BCUT2D eigenvalue weighted by molar-refractivity contribution is 6.35. The molecule has 298 valence electrons. The molecule has 0 aliphatic carbocycles. The van der Waals surface area contributed by atoms with Gasteiger partial charge in [0, 0.05) is 73.9 Å². The highest BCUT2D eigenvalue weighted by Gasteiger charge is 2.43. The van der Waals surface area contributed by atoms with Crippen molar-refractivity contribution in [3.05, 3.63) is 82.3 Å². The van der Waals surface area contributed by atoms with Crippen LogP contribution in [0.3, 0.4) is 0 Å². The molecule has 0 N–H and O–H groups in total. The molecule has 0 spiro atoms. The molecule has 2 saturated heterocycles. The summed E-state index contributed by atoms with van der Waals surface area (Å²) in [7, 11) is 1.95. The molecule has 10 nitrogen and oxygen atoms in total. The number of hydrogen-bond donors (Lipinski definition) is 0. The molecule has 56 heavy (non-hydrogen) atoms. The largest absolute Gasteiger partial charge is 0.493 e. The van der Waals surface area contributed by atoms with Crippen molar-refractivity contribution in [3.63, 3.8) is 0 Å². The van der Waals surface area contributed by atoms with Gasteiger partial charge in [-0.3, -0.25) is 4.68 Å². The molecule has 0 bridgehead atoms. The van der Waals surface area contributed by atoms with Crippen molar-refractivity contribution in [1.82, 2.24) is 24.1 Å². The van der Waals surface area contributed by atoms with Gasteiger partial charge in [-0.05, 0) is 103 Å². The standard InChI is InChI=1S/C45H56ClN5O5/c1-28-38(29(2)48(9)47-28)39-36(46)20-19-35-34(17-13-23-54-37-18-12-15-30-14-10-11-16-33(30)37)41(42(52)55-44(3,4)5)51(40(35)39)22-21-49-24-31-26-50(27-32(31)25-49)43(53)56-45(6,7)8/h10-12,14-16,18-20,31-32H,13,17,21-27H2,1-9H3. The predicted molar refractivity (Wildman–Crippen MR) is 223 cm³/mol. The maximum Gasteiger partial charge on any atom is 0.410 e. The number of esters is 1. The zero-order valence-electron chi connectivity index (χ0n) is 34.4. The van der Waals surface area contributed by atoms with Gasteiger partial charge >= 0.3 is 12.1 Å². The van der Waals surface area contributed by atoms with E-state index in [1.54, 1.807) is 0 Å². The third kappa shape index (κ3) is 8.14. The summed E-state index contributed by atoms with van der Waals surface area (Å²) < 4.78 is 22.3. The third-order valence-corrected chi connectivity index (χ3v) is 11.4. The lowest BCUT2D eigenvalue weighted by Crippen LogP contribution is -2.38. The van der Waals surface area contributed by atoms with Crippen LogP contribution in [-0.4, -0.2) is 86.7 Å². The molecule has 2 atom stereocenters. The number of aromatic nitrogens is 3. The van der Waals surface area contributed by atoms with E-state index >= 15 is 0 Å². The Morgan fingerprint density at radius 2 is 1.50 bits per heavy atom. The zero-order valence-corrected chi connectivity index (χ0v) is 35.1. The Hall–Kier alpha value is -4.54. The van der Waals surface area contributed by atoms with Crippen molar-refractivity contribution in [2.45, 2.75) is 86.0 Å². The molecule has 5 aromatic rings. The first-order chi connectivity index (χ1) is 26.5. The number of benzene rings is 3. The van der Waals surface area contributed by atoms with E-state index in [-0.39, 0.29) is 12.1 Å². The van der Waals surface area contributed by atoms with Gasteiger partial charge in [-0.2, -0.15) is 5.10 Å². The van der Waals surface area contributed by atoms with Crippen LogP contribution < -0.4 is 4.74 Å². The minimum atomic E-state index is -0.698. The van der Waals surface area contributed by atoms with Gasteiger partial charge in [-0.15, -0.1) is 0 Å². The molecule has 1 amide bonds. The minimum absolute atomic E-state index is 0.236. The molecule has 2 aliphatic rings. The summed E-state index contributed by atoms with van der Waals surface area (Å²) in [6, 6.07) is 18.3. The average molecular weight is 782 g/mol. The number of carbonyl (C=O) groups excluding carboxylic acids is 2. The molecular weight excluding hydrogens is 726 g/mol. The van der Waals surface area contributed by atoms with E-state index in [2.05, 4.69) is 40.7 Å². The Morgan fingerprint density at radius 1 is 0.821 bits per heavy atom. The van der Waals surface area contributed by atoms with E-state index in [9.17, 15) is 9.59 Å². The number of ether oxygens (including phenoxy) is 3. The van der Waals surface area contributed by atoms with E-state index in [1.165, 1.54) is 0 Å². The Bertz CT molecular complexity index is 2260. The highest BCUT2D eigenvalue weighted by atomic mass is 35.5. The summed E-state index contributed by atoms with van der Waals surface area (Å²) >= 11 is 7.18. The topological polar surface area (TPSA) is 91.1 Å². The van der Waals surface area contributed by atoms with Crippen molar-refractivity contribution in [3.8, 4) is 16.9 Å². The monoisotopic (exact) mass is 781 g/mol. The molecule has 7 rings (SSSR count). The number of fused-ring (bicyclic) bond motifs is 3. The van der Waals surface area contributed by atoms with Crippen LogP contribution in [0.15, 0.2) is 54.6 Å². The molecule has 2 unspecified atom stereocenters. The van der Waals surface area contributed by atoms with Gasteiger partial charge < -0.3 is 28.6 Å². The number of aryl methyl sites for hydroxylation is 3. The first-order valence-electron chi connectivity index (χ1n) is 19.9. The van der Waals surface area contributed by atoms with Crippen molar-refractivity contribution < 1.29 is 23.8 Å². The fourth-order valence-electron chi connectivity index (χ4n) is 8.64. The number of halogens is 1. The molecule has 2 aromatic heterocycles. The molecule has 4 heterocycles. The average Bonchev–Trinajstić information content (AvgIpc) is 3.84. The van der Waals surface area contributed by atoms with Crippen LogP contribution >= 0.6 is 11.6 Å². The second-order valence-corrected chi connectivity index (χ2v) is 18.0. The first-order valence-corrected chi connectivity index (χ1v) is 20.2. The number of hydrogen-bond acceptors (Lipinski definition) is 7. The van der Waals surface area contributed by atoms with E-state index in [4.69, 9.17) is 30.9 Å². The van der Waals surface area contributed by atoms with Crippen LogP contribution in [0, 0.1) is 25.7 Å². The fourth-order valence-corrected chi connectivity index (χ4v) is 8.89. The smallest absolute Gasteiger partial charge is 0.410 e. The normalized spacial score (nSPS) is 17.6. The Labute approximate surface area is 335 Å². The zero-order chi connectivity index (χ0) is 40.1. The molecule has 11 heteroatoms. The number of carbonyl (C=O) groups is 2. The Kier molecular flexibility index (Phi) is 10.9. The maximum absolute atomic E-state index is 14.5. The van der Waals surface area contributed by atoms with Crippen LogP contribution in [0.4, 0.5) is 4.79 Å². The second-order valence-electron chi connectivity index (χ2n) is 17.6. The van der Waals surface area contributed by atoms with Crippen LogP contribution in [-0.2, 0) is 29.5 Å². The summed E-state index contributed by atoms with van der Waals surface area (Å²) in [5, 5.41) is 8.55. The van der Waals surface area contributed by atoms with E-state index in [0.29, 0.717) is 61.6 Å². The van der Waals surface area contributed by atoms with Crippen molar-refractivity contribution in [2.75, 3.05) is 39.3 Å². The van der Waals surface area contributed by atoms with Gasteiger partial charge in [0.1, 0.15) is 22.6 Å². The van der Waals surface area contributed by atoms with Gasteiger partial charge in [0.25, 0.3) is 0 Å². The van der Waals surface area contributed by atoms with Crippen molar-refractivity contribution in [2.24, 2.45) is 18.9 Å². The Balaban J connectivity index is 1.23. The van der Waals surface area contributed by atoms with Gasteiger partial charge in [0.15, 0.2) is 0 Å². The SMILES string of the molecule is Cc1nn(C)c(C)c1-c1c(Cl)ccc2c(CCCOc3cccc4ccccc34)c(C(=O)OC(C)(C)C)n(CCN3CC4CN(C(=O)OC(C)(C)C)CC4C3)c12. The van der Waals surface area contributed by atoms with Gasteiger partial charge in [0.05, 0.1) is 22.8 Å². The summed E-state index contributed by atoms with van der Waals surface area (Å²) in [5.74, 6) is 1.24. The first kappa shape index (κ1) is 39.7. The fraction of sp³-hybridized carbons (Fsp3) is 0.489. The number of amides is 1. The minimum Gasteiger partial charge on any atom is -0.493 e. The van der Waals surface area contributed by atoms with E-state index < -0.39 is 11.2 Å². The summed E-state index contributed by atoms with van der Waals surface area (Å²) in [4.78, 5) is 31.7. The van der Waals surface area contributed by atoms with Crippen LogP contribution in [0.25, 0.3) is 32.8 Å². The van der Waals surface area contributed by atoms with Gasteiger partial charge in [0.2, 0.25) is 0 Å². The maximum atomic E-state index is 14.5. The number of nitrogens with zero attached hydrogens (tertiary/aromatic N) is 5. The quantitative estimate of drug-likeness (QED) is 0.103. The van der Waals surface area contributed by atoms with E-state index in [0.717, 1.165) is 75.1 Å². The second kappa shape index (κ2) is 15.4. The summed E-state index contributed by atoms with van der Waals surface area (Å²) in [5.41, 5.74) is 4.90. The molecule has 2 aliphatic heterocycles. The van der Waals surface area contributed by atoms with Crippen LogP contribution in [0.2, 0.25) is 5.02 Å². The van der Waals surface area contributed by atoms with Crippen LogP contribution in [0.5, 0.6) is 5.75 Å². The predicted octanol–water partition coefficient (Wildman–Crippen LogP) is 9.23. The lowest BCUT2D eigenvalue weighted by Gasteiger charge is -2.26. The molecular formula is C45H56ClN5O5. The molecule has 3 aromatic carbocycles. The lowest BCUT2D eigenvalue weighted by molar-refractivity contribution is 0.00559. The molecule has 0 radical (unpaired) electrons. The highest BCUT2D eigenvalue weighted by Crippen LogP contribution is 2.43. The van der Waals surface area contributed by atoms with Crippen molar-refractivity contribution in [1.29, 1.82) is 0 Å². The lowest BCUT2D eigenvalue weighted by atomic mass is 9.98.